The van der Waals surface area contributed by atoms with E-state index in [4.69, 9.17) is 26.6 Å². The number of anilines is 1. The predicted molar refractivity (Wildman–Crippen MR) is 113 cm³/mol. The Labute approximate surface area is 173 Å². The zero-order valence-electron chi connectivity index (χ0n) is 16.0. The number of aromatic nitrogens is 3. The van der Waals surface area contributed by atoms with Crippen LogP contribution in [0.25, 0.3) is 34.0 Å². The lowest BCUT2D eigenvalue weighted by molar-refractivity contribution is 0.185. The summed E-state index contributed by atoms with van der Waals surface area (Å²) < 4.78 is 10.9. The van der Waals surface area contributed by atoms with Gasteiger partial charge in [-0.15, -0.1) is 0 Å². The molecule has 0 aliphatic heterocycles. The summed E-state index contributed by atoms with van der Waals surface area (Å²) in [7, 11) is 1.68. The molecule has 4 rings (SSSR count). The van der Waals surface area contributed by atoms with Gasteiger partial charge in [-0.05, 0) is 47.4 Å². The number of methoxy groups -OCH3 is 1. The van der Waals surface area contributed by atoms with Crippen LogP contribution in [0.4, 0.5) is 5.82 Å². The van der Waals surface area contributed by atoms with Crippen molar-refractivity contribution >= 4 is 17.4 Å². The summed E-state index contributed by atoms with van der Waals surface area (Å²) in [4.78, 5) is 8.52. The number of hydrogen-bond acceptors (Lipinski definition) is 6. The van der Waals surface area contributed by atoms with Gasteiger partial charge < -0.3 is 15.0 Å². The number of nitrogens with zero attached hydrogens (tertiary/aromatic N) is 3. The van der Waals surface area contributed by atoms with E-state index >= 15 is 0 Å². The SMILES string of the molecule is COCc1cc(-c2nc(-c3cnc(N)c(Cl)c3)no2)ccc1-c1ccccc1C. The monoisotopic (exact) mass is 406 g/mol. The lowest BCUT2D eigenvalue weighted by Gasteiger charge is -2.12. The molecule has 0 atom stereocenters. The zero-order chi connectivity index (χ0) is 20.4. The number of hydrogen-bond donors (Lipinski definition) is 1. The molecule has 0 bridgehead atoms. The Morgan fingerprint density at radius 1 is 1.07 bits per heavy atom. The topological polar surface area (TPSA) is 87.1 Å². The lowest BCUT2D eigenvalue weighted by Crippen LogP contribution is -1.95. The second-order valence-corrected chi connectivity index (χ2v) is 7.04. The molecule has 7 heteroatoms. The first kappa shape index (κ1) is 19.1. The third kappa shape index (κ3) is 3.85. The van der Waals surface area contributed by atoms with Crippen LogP contribution >= 0.6 is 11.6 Å². The molecule has 2 aromatic carbocycles. The fourth-order valence-electron chi connectivity index (χ4n) is 3.17. The highest BCUT2D eigenvalue weighted by atomic mass is 35.5. The van der Waals surface area contributed by atoms with Crippen molar-refractivity contribution in [1.82, 2.24) is 15.1 Å². The summed E-state index contributed by atoms with van der Waals surface area (Å²) in [5.74, 6) is 1.06. The molecule has 0 saturated heterocycles. The van der Waals surface area contributed by atoms with Crippen molar-refractivity contribution in [2.75, 3.05) is 12.8 Å². The van der Waals surface area contributed by atoms with Crippen molar-refractivity contribution in [2.45, 2.75) is 13.5 Å². The molecule has 0 radical (unpaired) electrons. The lowest BCUT2D eigenvalue weighted by atomic mass is 9.94. The first-order valence-electron chi connectivity index (χ1n) is 9.00. The Bertz CT molecular complexity index is 1170. The molecular weight excluding hydrogens is 388 g/mol. The van der Waals surface area contributed by atoms with E-state index in [1.165, 1.54) is 11.1 Å². The molecule has 2 heterocycles. The van der Waals surface area contributed by atoms with E-state index in [0.717, 1.165) is 16.7 Å². The van der Waals surface area contributed by atoms with E-state index in [-0.39, 0.29) is 5.82 Å². The maximum Gasteiger partial charge on any atom is 0.258 e. The van der Waals surface area contributed by atoms with E-state index in [2.05, 4.69) is 40.2 Å². The number of aryl methyl sites for hydroxylation is 1. The van der Waals surface area contributed by atoms with E-state index in [1.807, 2.05) is 24.3 Å². The van der Waals surface area contributed by atoms with Crippen LogP contribution in [0, 0.1) is 6.92 Å². The number of ether oxygens (including phenoxy) is 1. The van der Waals surface area contributed by atoms with Crippen LogP contribution in [0.15, 0.2) is 59.3 Å². The van der Waals surface area contributed by atoms with Gasteiger partial charge >= 0.3 is 0 Å². The molecule has 2 aromatic heterocycles. The van der Waals surface area contributed by atoms with Gasteiger partial charge in [-0.1, -0.05) is 47.1 Å². The normalized spacial score (nSPS) is 11.0. The molecule has 6 nitrogen and oxygen atoms in total. The van der Waals surface area contributed by atoms with Gasteiger partial charge in [0.1, 0.15) is 5.82 Å². The average molecular weight is 407 g/mol. The third-order valence-corrected chi connectivity index (χ3v) is 4.94. The number of benzene rings is 2. The van der Waals surface area contributed by atoms with Crippen molar-refractivity contribution in [3.05, 3.63) is 70.9 Å². The number of pyridine rings is 1. The second-order valence-electron chi connectivity index (χ2n) is 6.63. The molecule has 0 amide bonds. The molecule has 146 valence electrons. The van der Waals surface area contributed by atoms with Gasteiger partial charge in [-0.25, -0.2) is 4.98 Å². The molecule has 0 aliphatic rings. The molecule has 29 heavy (non-hydrogen) atoms. The van der Waals surface area contributed by atoms with Crippen LogP contribution in [-0.4, -0.2) is 22.2 Å². The summed E-state index contributed by atoms with van der Waals surface area (Å²) in [6.07, 6.45) is 1.56. The molecule has 4 aromatic rings. The van der Waals surface area contributed by atoms with Crippen LogP contribution in [0.3, 0.4) is 0 Å². The Morgan fingerprint density at radius 2 is 1.90 bits per heavy atom. The van der Waals surface area contributed by atoms with Crippen molar-refractivity contribution in [3.8, 4) is 34.0 Å². The van der Waals surface area contributed by atoms with E-state index in [9.17, 15) is 0 Å². The first-order valence-corrected chi connectivity index (χ1v) is 9.38. The summed E-state index contributed by atoms with van der Waals surface area (Å²) in [6, 6.07) is 15.9. The molecule has 0 saturated carbocycles. The quantitative estimate of drug-likeness (QED) is 0.492. The first-order chi connectivity index (χ1) is 14.1. The van der Waals surface area contributed by atoms with Gasteiger partial charge in [-0.3, -0.25) is 0 Å². The van der Waals surface area contributed by atoms with Gasteiger partial charge in [0.05, 0.1) is 11.6 Å². The van der Waals surface area contributed by atoms with Crippen LogP contribution in [0.1, 0.15) is 11.1 Å². The van der Waals surface area contributed by atoms with E-state index in [1.54, 1.807) is 19.4 Å². The summed E-state index contributed by atoms with van der Waals surface area (Å²) in [5, 5.41) is 4.39. The Kier molecular flexibility index (Phi) is 5.29. The minimum absolute atomic E-state index is 0.259. The minimum Gasteiger partial charge on any atom is -0.382 e. The van der Waals surface area contributed by atoms with Gasteiger partial charge in [0.15, 0.2) is 0 Å². The van der Waals surface area contributed by atoms with Crippen LogP contribution in [-0.2, 0) is 11.3 Å². The average Bonchev–Trinajstić information content (AvgIpc) is 3.21. The highest BCUT2D eigenvalue weighted by Gasteiger charge is 2.15. The maximum atomic E-state index is 6.04. The van der Waals surface area contributed by atoms with Crippen molar-refractivity contribution in [1.29, 1.82) is 0 Å². The number of nitrogens with two attached hydrogens (primary N) is 1. The Balaban J connectivity index is 1.73. The third-order valence-electron chi connectivity index (χ3n) is 4.64. The highest BCUT2D eigenvalue weighted by molar-refractivity contribution is 6.33. The van der Waals surface area contributed by atoms with Gasteiger partial charge in [0.2, 0.25) is 5.82 Å². The van der Waals surface area contributed by atoms with E-state index in [0.29, 0.717) is 28.9 Å². The molecular formula is C22H19ClN4O2. The number of halogens is 1. The van der Waals surface area contributed by atoms with Crippen LogP contribution < -0.4 is 5.73 Å². The maximum absolute atomic E-state index is 6.04. The minimum atomic E-state index is 0.259. The molecule has 2 N–H and O–H groups in total. The molecule has 0 unspecified atom stereocenters. The van der Waals surface area contributed by atoms with Gasteiger partial charge in [0.25, 0.3) is 5.89 Å². The summed E-state index contributed by atoms with van der Waals surface area (Å²) in [6.45, 7) is 2.56. The molecule has 0 spiro atoms. The predicted octanol–water partition coefficient (Wildman–Crippen LogP) is 5.16. The fraction of sp³-hybridized carbons (Fsp3) is 0.136. The zero-order valence-corrected chi connectivity index (χ0v) is 16.8. The summed E-state index contributed by atoms with van der Waals surface area (Å²) in [5.41, 5.74) is 11.6. The highest BCUT2D eigenvalue weighted by Crippen LogP contribution is 2.32. The smallest absolute Gasteiger partial charge is 0.258 e. The second kappa shape index (κ2) is 8.03. The molecule has 0 aliphatic carbocycles. The van der Waals surface area contributed by atoms with Crippen molar-refractivity contribution in [2.24, 2.45) is 0 Å². The van der Waals surface area contributed by atoms with E-state index < -0.39 is 0 Å². The van der Waals surface area contributed by atoms with Crippen molar-refractivity contribution < 1.29 is 9.26 Å². The number of rotatable bonds is 5. The summed E-state index contributed by atoms with van der Waals surface area (Å²) >= 11 is 6.04. The van der Waals surface area contributed by atoms with Gasteiger partial charge in [-0.2, -0.15) is 4.98 Å². The van der Waals surface area contributed by atoms with Crippen molar-refractivity contribution in [3.63, 3.8) is 0 Å². The largest absolute Gasteiger partial charge is 0.382 e. The Morgan fingerprint density at radius 3 is 2.66 bits per heavy atom. The fourth-order valence-corrected chi connectivity index (χ4v) is 3.33. The Hall–Kier alpha value is -3.22. The van der Waals surface area contributed by atoms with Gasteiger partial charge in [0, 0.05) is 24.4 Å². The van der Waals surface area contributed by atoms with Crippen LogP contribution in [0.2, 0.25) is 5.02 Å². The standard InChI is InChI=1S/C22H19ClN4O2/c1-13-5-3-4-6-17(13)18-8-7-14(9-16(18)12-28-2)22-26-21(27-29-22)15-10-19(23)20(24)25-11-15/h3-11H,12H2,1-2H3,(H2,24,25). The molecule has 0 fully saturated rings. The van der Waals surface area contributed by atoms with Crippen LogP contribution in [0.5, 0.6) is 0 Å². The number of nitrogen functional groups attached to an aromatic ring is 1.